The summed E-state index contributed by atoms with van der Waals surface area (Å²) >= 11 is 0. The summed E-state index contributed by atoms with van der Waals surface area (Å²) in [4.78, 5) is 4.83. The average Bonchev–Trinajstić information content (AvgIpc) is 2.57. The third-order valence-electron chi connectivity index (χ3n) is 4.41. The maximum absolute atomic E-state index is 5.91. The van der Waals surface area contributed by atoms with Crippen LogP contribution in [0.15, 0.2) is 18.2 Å². The fourth-order valence-electron chi connectivity index (χ4n) is 3.25. The Morgan fingerprint density at radius 1 is 1.33 bits per heavy atom. The number of ether oxygens (including phenoxy) is 2. The smallest absolute Gasteiger partial charge is 0.161 e. The van der Waals surface area contributed by atoms with Gasteiger partial charge in [-0.2, -0.15) is 0 Å². The van der Waals surface area contributed by atoms with Crippen molar-refractivity contribution in [1.29, 1.82) is 0 Å². The molecule has 2 unspecified atom stereocenters. The molecule has 1 N–H and O–H groups in total. The summed E-state index contributed by atoms with van der Waals surface area (Å²) in [7, 11) is 5.97. The van der Waals surface area contributed by atoms with Crippen LogP contribution in [0.1, 0.15) is 31.9 Å². The third-order valence-corrected chi connectivity index (χ3v) is 4.41. The molecule has 2 rings (SSSR count). The molecule has 1 heterocycles. The first-order valence-corrected chi connectivity index (χ1v) is 8.98. The van der Waals surface area contributed by atoms with E-state index in [4.69, 9.17) is 9.47 Å². The zero-order chi connectivity index (χ0) is 17.5. The van der Waals surface area contributed by atoms with Crippen LogP contribution in [0, 0.1) is 0 Å². The summed E-state index contributed by atoms with van der Waals surface area (Å²) in [5.74, 6) is 1.66. The summed E-state index contributed by atoms with van der Waals surface area (Å²) < 4.78 is 11.4. The average molecular weight is 335 g/mol. The minimum atomic E-state index is 0.361. The summed E-state index contributed by atoms with van der Waals surface area (Å²) in [6.07, 6.45) is 0.990. The van der Waals surface area contributed by atoms with E-state index in [9.17, 15) is 0 Å². The van der Waals surface area contributed by atoms with Gasteiger partial charge in [0.15, 0.2) is 11.5 Å². The highest BCUT2D eigenvalue weighted by atomic mass is 16.5. The monoisotopic (exact) mass is 335 g/mol. The van der Waals surface area contributed by atoms with E-state index in [0.717, 1.165) is 44.1 Å². The molecule has 1 saturated heterocycles. The Bertz CT molecular complexity index is 507. The van der Waals surface area contributed by atoms with Gasteiger partial charge in [-0.3, -0.25) is 4.90 Å². The van der Waals surface area contributed by atoms with E-state index in [1.807, 2.05) is 6.07 Å². The molecule has 0 spiro atoms. The fraction of sp³-hybridized carbons (Fsp3) is 0.684. The molecule has 0 aromatic heterocycles. The molecule has 0 saturated carbocycles. The van der Waals surface area contributed by atoms with E-state index in [1.165, 1.54) is 5.56 Å². The topological polar surface area (TPSA) is 37.0 Å². The maximum Gasteiger partial charge on any atom is 0.161 e. The Balaban J connectivity index is 2.27. The van der Waals surface area contributed by atoms with Gasteiger partial charge in [0.2, 0.25) is 0 Å². The number of benzene rings is 1. The number of methoxy groups -OCH3 is 1. The van der Waals surface area contributed by atoms with Gasteiger partial charge in [-0.25, -0.2) is 0 Å². The number of hydrogen-bond acceptors (Lipinski definition) is 5. The van der Waals surface area contributed by atoms with E-state index in [-0.39, 0.29) is 0 Å². The Kier molecular flexibility index (Phi) is 7.34. The van der Waals surface area contributed by atoms with Gasteiger partial charge in [0.05, 0.1) is 13.7 Å². The number of hydrogen-bond donors (Lipinski definition) is 1. The Labute approximate surface area is 146 Å². The normalized spacial score (nSPS) is 20.2. The minimum Gasteiger partial charge on any atom is -0.493 e. The molecule has 1 aliphatic rings. The molecule has 0 bridgehead atoms. The Morgan fingerprint density at radius 3 is 2.75 bits per heavy atom. The number of rotatable bonds is 8. The second-order valence-electron chi connectivity index (χ2n) is 6.89. The van der Waals surface area contributed by atoms with Crippen molar-refractivity contribution in [2.75, 3.05) is 54.0 Å². The van der Waals surface area contributed by atoms with Crippen LogP contribution in [-0.2, 0) is 0 Å². The lowest BCUT2D eigenvalue weighted by Crippen LogP contribution is -2.51. The number of nitrogens with one attached hydrogen (secondary N) is 1. The van der Waals surface area contributed by atoms with E-state index in [0.29, 0.717) is 18.7 Å². The zero-order valence-electron chi connectivity index (χ0n) is 15.8. The summed E-state index contributed by atoms with van der Waals surface area (Å²) in [5, 5.41) is 3.53. The van der Waals surface area contributed by atoms with Gasteiger partial charge in [-0.05, 0) is 45.1 Å². The molecular weight excluding hydrogens is 302 g/mol. The van der Waals surface area contributed by atoms with Crippen LogP contribution in [0.25, 0.3) is 0 Å². The van der Waals surface area contributed by atoms with Crippen molar-refractivity contribution in [1.82, 2.24) is 15.1 Å². The van der Waals surface area contributed by atoms with Crippen LogP contribution in [0.3, 0.4) is 0 Å². The highest BCUT2D eigenvalue weighted by Crippen LogP contribution is 2.33. The molecule has 0 radical (unpaired) electrons. The van der Waals surface area contributed by atoms with E-state index in [2.05, 4.69) is 55.2 Å². The van der Waals surface area contributed by atoms with Crippen molar-refractivity contribution in [2.24, 2.45) is 0 Å². The predicted octanol–water partition coefficient (Wildman–Crippen LogP) is 2.38. The van der Waals surface area contributed by atoms with Gasteiger partial charge in [0.25, 0.3) is 0 Å². The van der Waals surface area contributed by atoms with Crippen molar-refractivity contribution < 1.29 is 9.47 Å². The van der Waals surface area contributed by atoms with Crippen LogP contribution >= 0.6 is 0 Å². The van der Waals surface area contributed by atoms with Crippen molar-refractivity contribution in [3.05, 3.63) is 23.8 Å². The summed E-state index contributed by atoms with van der Waals surface area (Å²) in [5.41, 5.74) is 1.30. The highest BCUT2D eigenvalue weighted by molar-refractivity contribution is 5.44. The third kappa shape index (κ3) is 5.10. The van der Waals surface area contributed by atoms with Crippen LogP contribution in [0.2, 0.25) is 0 Å². The van der Waals surface area contributed by atoms with Crippen molar-refractivity contribution in [3.8, 4) is 11.5 Å². The van der Waals surface area contributed by atoms with Crippen LogP contribution < -0.4 is 14.8 Å². The SMILES string of the molecule is CCCOc1cc(C(CN(C)C)N2CCNC(C)C2)ccc1OC. The van der Waals surface area contributed by atoms with Gasteiger partial charge in [-0.1, -0.05) is 13.0 Å². The molecule has 24 heavy (non-hydrogen) atoms. The maximum atomic E-state index is 5.91. The lowest BCUT2D eigenvalue weighted by molar-refractivity contribution is 0.125. The first-order valence-electron chi connectivity index (χ1n) is 8.98. The molecule has 136 valence electrons. The lowest BCUT2D eigenvalue weighted by atomic mass is 10.0. The molecule has 5 nitrogen and oxygen atoms in total. The molecule has 1 fully saturated rings. The first kappa shape index (κ1) is 19.0. The predicted molar refractivity (Wildman–Crippen MR) is 99.1 cm³/mol. The molecule has 0 aliphatic carbocycles. The fourth-order valence-corrected chi connectivity index (χ4v) is 3.25. The van der Waals surface area contributed by atoms with Gasteiger partial charge >= 0.3 is 0 Å². The van der Waals surface area contributed by atoms with Gasteiger partial charge in [0, 0.05) is 38.3 Å². The minimum absolute atomic E-state index is 0.361. The molecule has 5 heteroatoms. The number of likely N-dealkylation sites (N-methyl/N-ethyl adjacent to an activating group) is 1. The quantitative estimate of drug-likeness (QED) is 0.789. The van der Waals surface area contributed by atoms with E-state index in [1.54, 1.807) is 7.11 Å². The van der Waals surface area contributed by atoms with Gasteiger partial charge in [-0.15, -0.1) is 0 Å². The molecule has 1 aromatic rings. The second-order valence-corrected chi connectivity index (χ2v) is 6.89. The molecule has 1 aromatic carbocycles. The van der Waals surface area contributed by atoms with Crippen molar-refractivity contribution in [3.63, 3.8) is 0 Å². The second kappa shape index (κ2) is 9.25. The number of piperazine rings is 1. The number of nitrogens with zero attached hydrogens (tertiary/aromatic N) is 2. The molecular formula is C19H33N3O2. The van der Waals surface area contributed by atoms with Crippen molar-refractivity contribution >= 4 is 0 Å². The van der Waals surface area contributed by atoms with Crippen LogP contribution in [0.5, 0.6) is 11.5 Å². The van der Waals surface area contributed by atoms with Crippen LogP contribution in [0.4, 0.5) is 0 Å². The summed E-state index contributed by atoms with van der Waals surface area (Å²) in [6.45, 7) is 9.25. The van der Waals surface area contributed by atoms with Crippen LogP contribution in [-0.4, -0.2) is 69.8 Å². The van der Waals surface area contributed by atoms with Crippen molar-refractivity contribution in [2.45, 2.75) is 32.4 Å². The Morgan fingerprint density at radius 2 is 2.12 bits per heavy atom. The first-order chi connectivity index (χ1) is 11.5. The largest absolute Gasteiger partial charge is 0.493 e. The highest BCUT2D eigenvalue weighted by Gasteiger charge is 2.26. The summed E-state index contributed by atoms with van der Waals surface area (Å²) in [6, 6.07) is 7.26. The standard InChI is InChI=1S/C19H33N3O2/c1-6-11-24-19-12-16(7-8-18(19)23-5)17(14-21(3)4)22-10-9-20-15(2)13-22/h7-8,12,15,17,20H,6,9-11,13-14H2,1-5H3. The van der Waals surface area contributed by atoms with E-state index < -0.39 is 0 Å². The molecule has 1 aliphatic heterocycles. The zero-order valence-corrected chi connectivity index (χ0v) is 15.8. The van der Waals surface area contributed by atoms with E-state index >= 15 is 0 Å². The molecule has 0 amide bonds. The van der Waals surface area contributed by atoms with Gasteiger partial charge in [0.1, 0.15) is 0 Å². The van der Waals surface area contributed by atoms with Gasteiger partial charge < -0.3 is 19.7 Å². The lowest BCUT2D eigenvalue weighted by Gasteiger charge is -2.39. The molecule has 2 atom stereocenters. The Hall–Kier alpha value is -1.30.